The van der Waals surface area contributed by atoms with Gasteiger partial charge in [0.2, 0.25) is 0 Å². The van der Waals surface area contributed by atoms with Crippen molar-refractivity contribution < 1.29 is 9.90 Å². The van der Waals surface area contributed by atoms with Crippen molar-refractivity contribution in [3.8, 4) is 0 Å². The molecule has 0 saturated carbocycles. The molecule has 0 radical (unpaired) electrons. The summed E-state index contributed by atoms with van der Waals surface area (Å²) in [6.45, 7) is 1.45. The van der Waals surface area contributed by atoms with E-state index >= 15 is 0 Å². The van der Waals surface area contributed by atoms with Crippen molar-refractivity contribution in [3.05, 3.63) is 33.4 Å². The highest BCUT2D eigenvalue weighted by Gasteiger charge is 2.28. The first kappa shape index (κ1) is 14.3. The SMILES string of the molecule is Cn1c(=O)sc2cc(CN3CCCCC3C(=O)O)ccc21. The van der Waals surface area contributed by atoms with Crippen LogP contribution in [0.2, 0.25) is 0 Å². The van der Waals surface area contributed by atoms with Gasteiger partial charge >= 0.3 is 10.8 Å². The van der Waals surface area contributed by atoms with E-state index in [0.717, 1.165) is 41.6 Å². The fourth-order valence-corrected chi connectivity index (χ4v) is 3.91. The molecule has 112 valence electrons. The van der Waals surface area contributed by atoms with Crippen LogP contribution in [0.5, 0.6) is 0 Å². The number of aromatic nitrogens is 1. The van der Waals surface area contributed by atoms with Gasteiger partial charge in [-0.1, -0.05) is 23.8 Å². The monoisotopic (exact) mass is 306 g/mol. The average molecular weight is 306 g/mol. The molecule has 1 aliphatic rings. The number of carboxylic acid groups (broad SMARTS) is 1. The number of aliphatic carboxylic acids is 1. The molecule has 1 saturated heterocycles. The maximum Gasteiger partial charge on any atom is 0.320 e. The van der Waals surface area contributed by atoms with Crippen LogP contribution >= 0.6 is 11.3 Å². The number of carboxylic acids is 1. The lowest BCUT2D eigenvalue weighted by molar-refractivity contribution is -0.144. The molecule has 1 atom stereocenters. The molecular formula is C15H18N2O3S. The van der Waals surface area contributed by atoms with E-state index in [9.17, 15) is 14.7 Å². The predicted octanol–water partition coefficient (Wildman–Crippen LogP) is 2.04. The third kappa shape index (κ3) is 2.73. The molecule has 3 rings (SSSR count). The molecule has 1 aliphatic heterocycles. The van der Waals surface area contributed by atoms with Crippen LogP contribution in [0, 0.1) is 0 Å². The highest BCUT2D eigenvalue weighted by Crippen LogP contribution is 2.23. The fourth-order valence-electron chi connectivity index (χ4n) is 2.97. The van der Waals surface area contributed by atoms with Gasteiger partial charge in [0, 0.05) is 13.6 Å². The number of nitrogens with zero attached hydrogens (tertiary/aromatic N) is 2. The minimum Gasteiger partial charge on any atom is -0.480 e. The minimum absolute atomic E-state index is 0.0311. The molecule has 6 heteroatoms. The summed E-state index contributed by atoms with van der Waals surface area (Å²) in [6, 6.07) is 5.56. The number of piperidine rings is 1. The van der Waals surface area contributed by atoms with E-state index in [4.69, 9.17) is 0 Å². The quantitative estimate of drug-likeness (QED) is 0.942. The Labute approximate surface area is 126 Å². The first-order chi connectivity index (χ1) is 10.1. The summed E-state index contributed by atoms with van der Waals surface area (Å²) in [4.78, 5) is 25.1. The van der Waals surface area contributed by atoms with Crippen molar-refractivity contribution in [3.63, 3.8) is 0 Å². The van der Waals surface area contributed by atoms with Gasteiger partial charge in [0.05, 0.1) is 10.2 Å². The van der Waals surface area contributed by atoms with Gasteiger partial charge in [-0.3, -0.25) is 14.5 Å². The largest absolute Gasteiger partial charge is 0.480 e. The van der Waals surface area contributed by atoms with Crippen LogP contribution in [0.3, 0.4) is 0 Å². The fraction of sp³-hybridized carbons (Fsp3) is 0.467. The number of hydrogen-bond donors (Lipinski definition) is 1. The summed E-state index contributed by atoms with van der Waals surface area (Å²) in [7, 11) is 1.77. The van der Waals surface area contributed by atoms with Crippen LogP contribution in [0.15, 0.2) is 23.0 Å². The molecule has 1 fully saturated rings. The third-order valence-electron chi connectivity index (χ3n) is 4.14. The van der Waals surface area contributed by atoms with E-state index in [1.54, 1.807) is 11.6 Å². The number of rotatable bonds is 3. The summed E-state index contributed by atoms with van der Waals surface area (Å²) in [5.41, 5.74) is 2.00. The minimum atomic E-state index is -0.736. The molecule has 0 amide bonds. The molecule has 0 spiro atoms. The molecule has 1 unspecified atom stereocenters. The van der Waals surface area contributed by atoms with Crippen LogP contribution < -0.4 is 4.87 Å². The average Bonchev–Trinajstić information content (AvgIpc) is 2.74. The Morgan fingerprint density at radius 3 is 3.00 bits per heavy atom. The van der Waals surface area contributed by atoms with Gasteiger partial charge in [-0.05, 0) is 37.1 Å². The van der Waals surface area contributed by atoms with Gasteiger partial charge in [-0.15, -0.1) is 0 Å². The number of likely N-dealkylation sites (tertiary alicyclic amines) is 1. The maximum atomic E-state index is 11.7. The van der Waals surface area contributed by atoms with Gasteiger partial charge < -0.3 is 9.67 Å². The summed E-state index contributed by atoms with van der Waals surface area (Å²) >= 11 is 1.23. The Kier molecular flexibility index (Phi) is 3.82. The van der Waals surface area contributed by atoms with Gasteiger partial charge in [-0.2, -0.15) is 0 Å². The molecule has 2 heterocycles. The van der Waals surface area contributed by atoms with E-state index in [1.807, 2.05) is 23.1 Å². The lowest BCUT2D eigenvalue weighted by atomic mass is 10.0. The zero-order valence-corrected chi connectivity index (χ0v) is 12.7. The Morgan fingerprint density at radius 1 is 1.43 bits per heavy atom. The van der Waals surface area contributed by atoms with E-state index in [1.165, 1.54) is 11.3 Å². The summed E-state index contributed by atoms with van der Waals surface area (Å²) in [5.74, 6) is -0.736. The predicted molar refractivity (Wildman–Crippen MR) is 82.8 cm³/mol. The Hall–Kier alpha value is -1.66. The molecular weight excluding hydrogens is 288 g/mol. The number of aryl methyl sites for hydroxylation is 1. The Balaban J connectivity index is 1.86. The topological polar surface area (TPSA) is 62.5 Å². The Bertz CT molecular complexity index is 734. The molecule has 1 N–H and O–H groups in total. The number of carbonyl (C=O) groups is 1. The normalized spacial score (nSPS) is 20.0. The highest BCUT2D eigenvalue weighted by molar-refractivity contribution is 7.16. The maximum absolute atomic E-state index is 11.7. The Morgan fingerprint density at radius 2 is 2.24 bits per heavy atom. The van der Waals surface area contributed by atoms with Crippen molar-refractivity contribution in [2.45, 2.75) is 31.8 Å². The number of hydrogen-bond acceptors (Lipinski definition) is 4. The van der Waals surface area contributed by atoms with Crippen molar-refractivity contribution in [1.82, 2.24) is 9.47 Å². The lowest BCUT2D eigenvalue weighted by Gasteiger charge is -2.32. The third-order valence-corrected chi connectivity index (χ3v) is 5.14. The second kappa shape index (κ2) is 5.61. The second-order valence-corrected chi connectivity index (χ2v) is 6.54. The molecule has 21 heavy (non-hydrogen) atoms. The first-order valence-electron chi connectivity index (χ1n) is 7.11. The van der Waals surface area contributed by atoms with Gasteiger partial charge in [-0.25, -0.2) is 0 Å². The van der Waals surface area contributed by atoms with Crippen LogP contribution in [0.1, 0.15) is 24.8 Å². The molecule has 1 aromatic carbocycles. The molecule has 5 nitrogen and oxygen atoms in total. The molecule has 0 aliphatic carbocycles. The van der Waals surface area contributed by atoms with E-state index in [-0.39, 0.29) is 10.9 Å². The molecule has 0 bridgehead atoms. The number of fused-ring (bicyclic) bond motifs is 1. The van der Waals surface area contributed by atoms with Crippen LogP contribution in [0.4, 0.5) is 0 Å². The van der Waals surface area contributed by atoms with Crippen molar-refractivity contribution in [2.24, 2.45) is 7.05 Å². The van der Waals surface area contributed by atoms with E-state index < -0.39 is 5.97 Å². The smallest absolute Gasteiger partial charge is 0.320 e. The van der Waals surface area contributed by atoms with Crippen molar-refractivity contribution in [2.75, 3.05) is 6.54 Å². The number of thiazole rings is 1. The first-order valence-corrected chi connectivity index (χ1v) is 7.93. The zero-order chi connectivity index (χ0) is 15.0. The van der Waals surface area contributed by atoms with Crippen LogP contribution in [-0.2, 0) is 18.4 Å². The van der Waals surface area contributed by atoms with Crippen molar-refractivity contribution >= 4 is 27.5 Å². The molecule has 2 aromatic rings. The van der Waals surface area contributed by atoms with Crippen LogP contribution in [-0.4, -0.2) is 33.1 Å². The highest BCUT2D eigenvalue weighted by atomic mass is 32.1. The standard InChI is InChI=1S/C15H18N2O3S/c1-16-11-6-5-10(8-13(11)21-15(16)20)9-17-7-3-2-4-12(17)14(18)19/h5-6,8,12H,2-4,7,9H2,1H3,(H,18,19). The van der Waals surface area contributed by atoms with E-state index in [0.29, 0.717) is 6.54 Å². The zero-order valence-electron chi connectivity index (χ0n) is 11.9. The van der Waals surface area contributed by atoms with Gasteiger partial charge in [0.1, 0.15) is 6.04 Å². The summed E-state index contributed by atoms with van der Waals surface area (Å²) in [6.07, 6.45) is 2.74. The number of benzene rings is 1. The molecule has 1 aromatic heterocycles. The van der Waals surface area contributed by atoms with E-state index in [2.05, 4.69) is 0 Å². The van der Waals surface area contributed by atoms with Gasteiger partial charge in [0.15, 0.2) is 0 Å². The van der Waals surface area contributed by atoms with Gasteiger partial charge in [0.25, 0.3) is 0 Å². The van der Waals surface area contributed by atoms with Crippen molar-refractivity contribution in [1.29, 1.82) is 0 Å². The second-order valence-electron chi connectivity index (χ2n) is 5.55. The summed E-state index contributed by atoms with van der Waals surface area (Å²) < 4.78 is 2.61. The summed E-state index contributed by atoms with van der Waals surface area (Å²) in [5, 5.41) is 9.31. The lowest BCUT2D eigenvalue weighted by Crippen LogP contribution is -2.43. The van der Waals surface area contributed by atoms with Crippen LogP contribution in [0.25, 0.3) is 10.2 Å².